The second-order valence-electron chi connectivity index (χ2n) is 4.79. The molecule has 0 aliphatic carbocycles. The predicted molar refractivity (Wildman–Crippen MR) is 83.1 cm³/mol. The molecule has 0 unspecified atom stereocenters. The number of benzene rings is 1. The maximum absolute atomic E-state index is 12.3. The van der Waals surface area contributed by atoms with Crippen LogP contribution in [0.5, 0.6) is 0 Å². The van der Waals surface area contributed by atoms with Gasteiger partial charge in [-0.15, -0.1) is 0 Å². The highest BCUT2D eigenvalue weighted by atomic mass is 16.6. The molecule has 8 heteroatoms. The highest BCUT2D eigenvalue weighted by molar-refractivity contribution is 5.96. The summed E-state index contributed by atoms with van der Waals surface area (Å²) in [4.78, 5) is 34.6. The normalized spacial score (nSPS) is 10.9. The van der Waals surface area contributed by atoms with Crippen LogP contribution in [0, 0.1) is 10.1 Å². The molecule has 0 aliphatic heterocycles. The quantitative estimate of drug-likeness (QED) is 0.675. The Morgan fingerprint density at radius 1 is 1.18 bits per heavy atom. The summed E-state index contributed by atoms with van der Waals surface area (Å²) in [7, 11) is 0. The number of nitrogens with one attached hydrogen (secondary N) is 1. The largest absolute Gasteiger partial charge is 0.329 e. The maximum Gasteiger partial charge on any atom is 0.329 e. The Labute approximate surface area is 126 Å². The molecule has 0 spiro atoms. The Balaban J connectivity index is 2.80. The maximum atomic E-state index is 12.3. The molecule has 1 N–H and O–H groups in total. The minimum absolute atomic E-state index is 0.111. The van der Waals surface area contributed by atoms with E-state index in [4.69, 9.17) is 0 Å². The molecule has 0 atom stereocenters. The number of rotatable bonds is 5. The number of anilines is 1. The summed E-state index contributed by atoms with van der Waals surface area (Å²) >= 11 is 0. The van der Waals surface area contributed by atoms with Crippen LogP contribution in [-0.4, -0.2) is 20.0 Å². The molecular weight excluding hydrogens is 288 g/mol. The first-order chi connectivity index (χ1) is 10.4. The number of imidazole rings is 1. The van der Waals surface area contributed by atoms with E-state index in [1.54, 1.807) is 13.8 Å². The molecule has 2 aromatic rings. The molecule has 0 aliphatic rings. The van der Waals surface area contributed by atoms with Crippen LogP contribution in [0.15, 0.2) is 16.9 Å². The number of nitro groups is 1. The average Bonchev–Trinajstić information content (AvgIpc) is 2.75. The van der Waals surface area contributed by atoms with Crippen LogP contribution in [0.25, 0.3) is 11.0 Å². The zero-order valence-corrected chi connectivity index (χ0v) is 12.8. The Kier molecular flexibility index (Phi) is 4.30. The van der Waals surface area contributed by atoms with Crippen molar-refractivity contribution >= 4 is 28.3 Å². The van der Waals surface area contributed by atoms with E-state index in [9.17, 15) is 19.7 Å². The second kappa shape index (κ2) is 6.00. The van der Waals surface area contributed by atoms with Crippen molar-refractivity contribution in [2.75, 3.05) is 5.32 Å². The Hall–Kier alpha value is -2.64. The standard InChI is InChI=1S/C14H18N4O4/c1-4-13(19)15-9-7-11-12(8-10(9)18(21)22)17(6-3)14(20)16(11)5-2/h7-8H,4-6H2,1-3H3,(H,15,19). The molecular formula is C14H18N4O4. The van der Waals surface area contributed by atoms with Crippen molar-refractivity contribution in [2.24, 2.45) is 0 Å². The van der Waals surface area contributed by atoms with Crippen LogP contribution < -0.4 is 11.0 Å². The number of nitro benzene ring substituents is 1. The first kappa shape index (κ1) is 15.7. The molecule has 0 bridgehead atoms. The number of nitrogens with zero attached hydrogens (tertiary/aromatic N) is 3. The third-order valence-electron chi connectivity index (χ3n) is 3.56. The van der Waals surface area contributed by atoms with Crippen LogP contribution in [-0.2, 0) is 17.9 Å². The highest BCUT2D eigenvalue weighted by Gasteiger charge is 2.21. The van der Waals surface area contributed by atoms with E-state index in [0.29, 0.717) is 24.1 Å². The van der Waals surface area contributed by atoms with E-state index < -0.39 is 4.92 Å². The fraction of sp³-hybridized carbons (Fsp3) is 0.429. The molecule has 1 heterocycles. The second-order valence-corrected chi connectivity index (χ2v) is 4.79. The van der Waals surface area contributed by atoms with E-state index in [2.05, 4.69) is 5.32 Å². The molecule has 2 rings (SSSR count). The van der Waals surface area contributed by atoms with E-state index in [1.807, 2.05) is 6.92 Å². The number of hydrogen-bond donors (Lipinski definition) is 1. The lowest BCUT2D eigenvalue weighted by atomic mass is 10.2. The first-order valence-electron chi connectivity index (χ1n) is 7.15. The lowest BCUT2D eigenvalue weighted by Crippen LogP contribution is -2.23. The van der Waals surface area contributed by atoms with Crippen molar-refractivity contribution < 1.29 is 9.72 Å². The van der Waals surface area contributed by atoms with Gasteiger partial charge in [0.05, 0.1) is 16.0 Å². The fourth-order valence-corrected chi connectivity index (χ4v) is 2.45. The average molecular weight is 306 g/mol. The van der Waals surface area contributed by atoms with Gasteiger partial charge >= 0.3 is 5.69 Å². The number of carbonyl (C=O) groups is 1. The van der Waals surface area contributed by atoms with Gasteiger partial charge in [0, 0.05) is 25.6 Å². The molecule has 1 aromatic heterocycles. The monoisotopic (exact) mass is 306 g/mol. The Morgan fingerprint density at radius 2 is 1.73 bits per heavy atom. The lowest BCUT2D eigenvalue weighted by molar-refractivity contribution is -0.383. The summed E-state index contributed by atoms with van der Waals surface area (Å²) in [6.07, 6.45) is 0.214. The third kappa shape index (κ3) is 2.47. The van der Waals surface area contributed by atoms with Gasteiger partial charge in [-0.1, -0.05) is 6.92 Å². The number of hydrogen-bond acceptors (Lipinski definition) is 4. The minimum atomic E-state index is -0.557. The summed E-state index contributed by atoms with van der Waals surface area (Å²) < 4.78 is 3.02. The number of carbonyl (C=O) groups excluding carboxylic acids is 1. The zero-order valence-electron chi connectivity index (χ0n) is 12.8. The molecule has 8 nitrogen and oxygen atoms in total. The van der Waals surface area contributed by atoms with E-state index in [0.717, 1.165) is 0 Å². The van der Waals surface area contributed by atoms with Crippen molar-refractivity contribution in [3.63, 3.8) is 0 Å². The van der Waals surface area contributed by atoms with Crippen LogP contribution in [0.1, 0.15) is 27.2 Å². The molecule has 0 saturated carbocycles. The zero-order chi connectivity index (χ0) is 16.4. The molecule has 1 amide bonds. The van der Waals surface area contributed by atoms with Gasteiger partial charge in [-0.3, -0.25) is 24.0 Å². The molecule has 0 radical (unpaired) electrons. The predicted octanol–water partition coefficient (Wildman–Crippen LogP) is 2.10. The number of fused-ring (bicyclic) bond motifs is 1. The summed E-state index contributed by atoms with van der Waals surface area (Å²) in [6.45, 7) is 6.16. The molecule has 0 fully saturated rings. The van der Waals surface area contributed by atoms with Gasteiger partial charge in [0.1, 0.15) is 5.69 Å². The van der Waals surface area contributed by atoms with E-state index in [1.165, 1.54) is 21.3 Å². The summed E-state index contributed by atoms with van der Waals surface area (Å²) in [5, 5.41) is 13.8. The third-order valence-corrected chi connectivity index (χ3v) is 3.56. The van der Waals surface area contributed by atoms with Gasteiger partial charge < -0.3 is 5.32 Å². The van der Waals surface area contributed by atoms with Crippen molar-refractivity contribution in [1.82, 2.24) is 9.13 Å². The number of aryl methyl sites for hydroxylation is 2. The van der Waals surface area contributed by atoms with Crippen molar-refractivity contribution in [3.8, 4) is 0 Å². The van der Waals surface area contributed by atoms with Crippen molar-refractivity contribution in [3.05, 3.63) is 32.7 Å². The van der Waals surface area contributed by atoms with Gasteiger partial charge in [-0.05, 0) is 19.9 Å². The fourth-order valence-electron chi connectivity index (χ4n) is 2.45. The Morgan fingerprint density at radius 3 is 2.18 bits per heavy atom. The van der Waals surface area contributed by atoms with Gasteiger partial charge in [0.2, 0.25) is 5.91 Å². The van der Waals surface area contributed by atoms with Gasteiger partial charge in [0.25, 0.3) is 5.69 Å². The lowest BCUT2D eigenvalue weighted by Gasteiger charge is -2.06. The minimum Gasteiger partial charge on any atom is -0.320 e. The molecule has 118 valence electrons. The number of amides is 1. The van der Waals surface area contributed by atoms with Crippen molar-refractivity contribution in [1.29, 1.82) is 0 Å². The number of aromatic nitrogens is 2. The first-order valence-corrected chi connectivity index (χ1v) is 7.15. The van der Waals surface area contributed by atoms with Gasteiger partial charge in [0.15, 0.2) is 0 Å². The summed E-state index contributed by atoms with van der Waals surface area (Å²) in [5.41, 5.74) is 0.750. The van der Waals surface area contributed by atoms with E-state index in [-0.39, 0.29) is 29.4 Å². The topological polar surface area (TPSA) is 99.2 Å². The SMILES string of the molecule is CCC(=O)Nc1cc2c(cc1[N+](=O)[O-])n(CC)c(=O)n2CC. The Bertz CT molecular complexity index is 803. The summed E-state index contributed by atoms with van der Waals surface area (Å²) in [6, 6.07) is 2.84. The van der Waals surface area contributed by atoms with Crippen LogP contribution in [0.3, 0.4) is 0 Å². The molecule has 0 saturated heterocycles. The summed E-state index contributed by atoms with van der Waals surface area (Å²) in [5.74, 6) is -0.317. The van der Waals surface area contributed by atoms with Gasteiger partial charge in [-0.2, -0.15) is 0 Å². The molecule has 1 aromatic carbocycles. The van der Waals surface area contributed by atoms with E-state index >= 15 is 0 Å². The van der Waals surface area contributed by atoms with Gasteiger partial charge in [-0.25, -0.2) is 4.79 Å². The van der Waals surface area contributed by atoms with Crippen molar-refractivity contribution in [2.45, 2.75) is 40.3 Å². The van der Waals surface area contributed by atoms with Crippen LogP contribution in [0.4, 0.5) is 11.4 Å². The smallest absolute Gasteiger partial charge is 0.320 e. The van der Waals surface area contributed by atoms with Crippen LogP contribution in [0.2, 0.25) is 0 Å². The van der Waals surface area contributed by atoms with Crippen LogP contribution >= 0.6 is 0 Å². The molecule has 22 heavy (non-hydrogen) atoms. The highest BCUT2D eigenvalue weighted by Crippen LogP contribution is 2.30.